The highest BCUT2D eigenvalue weighted by atomic mass is 32.2. The molecule has 2 rings (SSSR count). The lowest BCUT2D eigenvalue weighted by Gasteiger charge is -2.24. The third kappa shape index (κ3) is 4.26. The monoisotopic (exact) mass is 311 g/mol. The van der Waals surface area contributed by atoms with Crippen LogP contribution in [0, 0.1) is 6.92 Å². The van der Waals surface area contributed by atoms with E-state index in [9.17, 15) is 13.2 Å². The van der Waals surface area contributed by atoms with Crippen molar-refractivity contribution in [1.82, 2.24) is 10.0 Å². The Bertz CT molecular complexity index is 622. The number of hydrogen-bond acceptors (Lipinski definition) is 4. The van der Waals surface area contributed by atoms with Crippen LogP contribution in [0.4, 0.5) is 5.69 Å². The van der Waals surface area contributed by atoms with Gasteiger partial charge in [0.1, 0.15) is 0 Å². The minimum Gasteiger partial charge on any atom is -0.326 e. The maximum Gasteiger partial charge on any atom is 0.241 e. The normalized spacial score (nSPS) is 16.7. The van der Waals surface area contributed by atoms with E-state index in [1.807, 2.05) is 0 Å². The predicted molar refractivity (Wildman–Crippen MR) is 81.7 cm³/mol. The molecule has 0 bridgehead atoms. The van der Waals surface area contributed by atoms with Gasteiger partial charge in [-0.15, -0.1) is 0 Å². The maximum atomic E-state index is 12.5. The number of sulfonamides is 1. The van der Waals surface area contributed by atoms with E-state index >= 15 is 0 Å². The van der Waals surface area contributed by atoms with E-state index in [1.165, 1.54) is 13.0 Å². The minimum atomic E-state index is -3.58. The molecule has 0 unspecified atom stereocenters. The first-order valence-corrected chi connectivity index (χ1v) is 8.48. The molecule has 1 aliphatic rings. The molecule has 0 aliphatic carbocycles. The van der Waals surface area contributed by atoms with Crippen LogP contribution in [0.1, 0.15) is 25.3 Å². The van der Waals surface area contributed by atoms with Crippen molar-refractivity contribution in [2.45, 2.75) is 37.6 Å². The van der Waals surface area contributed by atoms with Crippen LogP contribution in [-0.2, 0) is 14.8 Å². The second kappa shape index (κ2) is 6.55. The topological polar surface area (TPSA) is 87.3 Å². The molecule has 116 valence electrons. The van der Waals surface area contributed by atoms with Gasteiger partial charge in [-0.1, -0.05) is 6.07 Å². The molecule has 21 heavy (non-hydrogen) atoms. The maximum absolute atomic E-state index is 12.5. The van der Waals surface area contributed by atoms with Gasteiger partial charge in [-0.3, -0.25) is 4.79 Å². The fourth-order valence-corrected chi connectivity index (χ4v) is 3.97. The van der Waals surface area contributed by atoms with E-state index in [1.54, 1.807) is 19.1 Å². The zero-order valence-electron chi connectivity index (χ0n) is 12.3. The Morgan fingerprint density at radius 1 is 1.29 bits per heavy atom. The Morgan fingerprint density at radius 3 is 2.57 bits per heavy atom. The quantitative estimate of drug-likeness (QED) is 0.773. The summed E-state index contributed by atoms with van der Waals surface area (Å²) in [6.07, 6.45) is 1.56. The first kappa shape index (κ1) is 15.9. The summed E-state index contributed by atoms with van der Waals surface area (Å²) < 4.78 is 27.8. The minimum absolute atomic E-state index is 0.0416. The molecule has 3 N–H and O–H groups in total. The Labute approximate surface area is 125 Å². The average Bonchev–Trinajstić information content (AvgIpc) is 2.41. The third-order valence-electron chi connectivity index (χ3n) is 3.46. The summed E-state index contributed by atoms with van der Waals surface area (Å²) in [5.74, 6) is -0.228. The number of carbonyl (C=O) groups excluding carboxylic acids is 1. The highest BCUT2D eigenvalue weighted by molar-refractivity contribution is 7.89. The van der Waals surface area contributed by atoms with Gasteiger partial charge in [0.15, 0.2) is 0 Å². The van der Waals surface area contributed by atoms with Crippen LogP contribution in [0.3, 0.4) is 0 Å². The van der Waals surface area contributed by atoms with E-state index in [0.717, 1.165) is 25.9 Å². The molecule has 1 aromatic carbocycles. The molecule has 0 aromatic heterocycles. The largest absolute Gasteiger partial charge is 0.326 e. The molecule has 0 spiro atoms. The molecule has 1 aromatic rings. The van der Waals surface area contributed by atoms with Gasteiger partial charge in [-0.25, -0.2) is 13.1 Å². The van der Waals surface area contributed by atoms with Crippen LogP contribution < -0.4 is 15.4 Å². The van der Waals surface area contributed by atoms with Gasteiger partial charge in [-0.2, -0.15) is 0 Å². The Balaban J connectivity index is 2.23. The van der Waals surface area contributed by atoms with Crippen LogP contribution in [0.5, 0.6) is 0 Å². The third-order valence-corrected chi connectivity index (χ3v) is 5.12. The van der Waals surface area contributed by atoms with Crippen molar-refractivity contribution in [3.63, 3.8) is 0 Å². The number of carbonyl (C=O) groups is 1. The SMILES string of the molecule is CC(=O)Nc1ccc(C)c(S(=O)(=O)NC2CCNCC2)c1. The van der Waals surface area contributed by atoms with Crippen molar-refractivity contribution >= 4 is 21.6 Å². The van der Waals surface area contributed by atoms with Crippen LogP contribution in [-0.4, -0.2) is 33.5 Å². The lowest BCUT2D eigenvalue weighted by Crippen LogP contribution is -2.42. The fourth-order valence-electron chi connectivity index (χ4n) is 2.39. The number of aryl methyl sites for hydroxylation is 1. The van der Waals surface area contributed by atoms with Crippen LogP contribution in [0.2, 0.25) is 0 Å². The molecule has 6 nitrogen and oxygen atoms in total. The van der Waals surface area contributed by atoms with Crippen molar-refractivity contribution in [3.05, 3.63) is 23.8 Å². The Morgan fingerprint density at radius 2 is 1.95 bits per heavy atom. The zero-order valence-corrected chi connectivity index (χ0v) is 13.1. The molecule has 0 radical (unpaired) electrons. The summed E-state index contributed by atoms with van der Waals surface area (Å²) in [5.41, 5.74) is 1.14. The molecule has 1 amide bonds. The van der Waals surface area contributed by atoms with E-state index in [4.69, 9.17) is 0 Å². The first-order valence-electron chi connectivity index (χ1n) is 7.00. The Kier molecular flexibility index (Phi) is 4.97. The number of hydrogen-bond donors (Lipinski definition) is 3. The van der Waals surface area contributed by atoms with Crippen molar-refractivity contribution in [1.29, 1.82) is 0 Å². The van der Waals surface area contributed by atoms with Crippen LogP contribution in [0.15, 0.2) is 23.1 Å². The number of benzene rings is 1. The molecule has 1 heterocycles. The van der Waals surface area contributed by atoms with E-state index in [0.29, 0.717) is 11.3 Å². The summed E-state index contributed by atoms with van der Waals surface area (Å²) >= 11 is 0. The summed E-state index contributed by atoms with van der Waals surface area (Å²) in [7, 11) is -3.58. The van der Waals surface area contributed by atoms with E-state index < -0.39 is 10.0 Å². The molecule has 1 aliphatic heterocycles. The predicted octanol–water partition coefficient (Wildman–Crippen LogP) is 0.984. The number of piperidine rings is 1. The van der Waals surface area contributed by atoms with Gasteiger partial charge in [0.05, 0.1) is 4.90 Å². The molecule has 1 saturated heterocycles. The van der Waals surface area contributed by atoms with Gasteiger partial charge in [-0.05, 0) is 50.6 Å². The highest BCUT2D eigenvalue weighted by Crippen LogP contribution is 2.21. The van der Waals surface area contributed by atoms with Crippen LogP contribution >= 0.6 is 0 Å². The van der Waals surface area contributed by atoms with Crippen molar-refractivity contribution in [3.8, 4) is 0 Å². The molecule has 0 atom stereocenters. The molecular formula is C14H21N3O3S. The summed E-state index contributed by atoms with van der Waals surface area (Å²) in [5, 5.41) is 5.81. The van der Waals surface area contributed by atoms with Gasteiger partial charge >= 0.3 is 0 Å². The number of amides is 1. The Hall–Kier alpha value is -1.44. The molecule has 1 fully saturated rings. The zero-order chi connectivity index (χ0) is 15.5. The van der Waals surface area contributed by atoms with Crippen molar-refractivity contribution < 1.29 is 13.2 Å². The second-order valence-electron chi connectivity index (χ2n) is 5.31. The number of rotatable bonds is 4. The van der Waals surface area contributed by atoms with Gasteiger partial charge in [0, 0.05) is 18.7 Å². The standard InChI is InChI=1S/C14H21N3O3S/c1-10-3-4-13(16-11(2)18)9-14(10)21(19,20)17-12-5-7-15-8-6-12/h3-4,9,12,15,17H,5-8H2,1-2H3,(H,16,18). The fraction of sp³-hybridized carbons (Fsp3) is 0.500. The van der Waals surface area contributed by atoms with Gasteiger partial charge in [0.2, 0.25) is 15.9 Å². The molecule has 7 heteroatoms. The summed E-state index contributed by atoms with van der Waals surface area (Å²) in [6, 6.07) is 4.85. The smallest absolute Gasteiger partial charge is 0.241 e. The van der Waals surface area contributed by atoms with Crippen molar-refractivity contribution in [2.24, 2.45) is 0 Å². The lowest BCUT2D eigenvalue weighted by molar-refractivity contribution is -0.114. The highest BCUT2D eigenvalue weighted by Gasteiger charge is 2.23. The van der Waals surface area contributed by atoms with Gasteiger partial charge in [0.25, 0.3) is 0 Å². The summed E-state index contributed by atoms with van der Waals surface area (Å²) in [4.78, 5) is 11.3. The van der Waals surface area contributed by atoms with E-state index in [2.05, 4.69) is 15.4 Å². The second-order valence-corrected chi connectivity index (χ2v) is 6.99. The molecule has 0 saturated carbocycles. The molecular weight excluding hydrogens is 290 g/mol. The first-order chi connectivity index (χ1) is 9.88. The summed E-state index contributed by atoms with van der Waals surface area (Å²) in [6.45, 7) is 4.77. The average molecular weight is 311 g/mol. The van der Waals surface area contributed by atoms with Crippen molar-refractivity contribution in [2.75, 3.05) is 18.4 Å². The van der Waals surface area contributed by atoms with E-state index in [-0.39, 0.29) is 16.8 Å². The number of anilines is 1. The lowest BCUT2D eigenvalue weighted by atomic mass is 10.1. The number of nitrogens with one attached hydrogen (secondary N) is 3. The van der Waals surface area contributed by atoms with Crippen LogP contribution in [0.25, 0.3) is 0 Å². The van der Waals surface area contributed by atoms with Gasteiger partial charge < -0.3 is 10.6 Å².